The van der Waals surface area contributed by atoms with E-state index in [0.29, 0.717) is 12.1 Å². The molecule has 160 valence electrons. The molecule has 30 heavy (non-hydrogen) atoms. The summed E-state index contributed by atoms with van der Waals surface area (Å²) in [5, 5.41) is 66.1. The molecular formula is C14H12N4O12. The fourth-order valence-corrected chi connectivity index (χ4v) is 1.54. The van der Waals surface area contributed by atoms with Crippen LogP contribution in [0.15, 0.2) is 36.4 Å². The number of nitro benzene ring substituents is 4. The first-order valence-electron chi connectivity index (χ1n) is 7.21. The number of aromatic hydroxyl groups is 2. The van der Waals surface area contributed by atoms with Crippen LogP contribution in [0, 0.1) is 40.5 Å². The van der Waals surface area contributed by atoms with Gasteiger partial charge in [-0.2, -0.15) is 0 Å². The van der Waals surface area contributed by atoms with Gasteiger partial charge in [-0.05, 0) is 12.1 Å². The van der Waals surface area contributed by atoms with Crippen molar-refractivity contribution >= 4 is 28.7 Å². The van der Waals surface area contributed by atoms with Gasteiger partial charge >= 0.3 is 11.4 Å². The summed E-state index contributed by atoms with van der Waals surface area (Å²) in [6, 6.07) is 5.21. The highest BCUT2D eigenvalue weighted by Gasteiger charge is 2.19. The number of non-ortho nitro benzene ring substituents is 2. The Bertz CT molecular complexity index is 913. The number of rotatable bonds is 4. The summed E-state index contributed by atoms with van der Waals surface area (Å²) in [4.78, 5) is 46.5. The summed E-state index contributed by atoms with van der Waals surface area (Å²) in [5.74, 6) is -2.01. The maximum Gasteiger partial charge on any atom is 0.317 e. The lowest BCUT2D eigenvalue weighted by Gasteiger charge is -1.94. The van der Waals surface area contributed by atoms with Gasteiger partial charge < -0.3 is 15.3 Å². The zero-order valence-electron chi connectivity index (χ0n) is 14.8. The summed E-state index contributed by atoms with van der Waals surface area (Å²) < 4.78 is 0. The summed E-state index contributed by atoms with van der Waals surface area (Å²) in [5.41, 5.74) is -2.20. The number of benzene rings is 2. The zero-order valence-corrected chi connectivity index (χ0v) is 14.8. The first-order valence-corrected chi connectivity index (χ1v) is 7.21. The molecular weight excluding hydrogens is 416 g/mol. The first-order chi connectivity index (χ1) is 13.8. The molecule has 0 aliphatic rings. The lowest BCUT2D eigenvalue weighted by atomic mass is 10.2. The molecule has 2 aromatic rings. The number of carboxylic acid groups (broad SMARTS) is 1. The molecule has 0 saturated carbocycles. The van der Waals surface area contributed by atoms with E-state index in [2.05, 4.69) is 0 Å². The van der Waals surface area contributed by atoms with Crippen molar-refractivity contribution in [1.29, 1.82) is 0 Å². The molecule has 0 saturated heterocycles. The van der Waals surface area contributed by atoms with Crippen molar-refractivity contribution in [3.8, 4) is 11.5 Å². The second-order valence-electron chi connectivity index (χ2n) is 4.89. The van der Waals surface area contributed by atoms with Crippen LogP contribution in [0.4, 0.5) is 22.7 Å². The molecule has 0 amide bonds. The Labute approximate surface area is 164 Å². The molecule has 0 spiro atoms. The van der Waals surface area contributed by atoms with E-state index in [1.165, 1.54) is 0 Å². The Morgan fingerprint density at radius 3 is 1.17 bits per heavy atom. The van der Waals surface area contributed by atoms with Crippen LogP contribution in [0.1, 0.15) is 6.92 Å². The molecule has 0 heterocycles. The molecule has 2 rings (SSSR count). The summed E-state index contributed by atoms with van der Waals surface area (Å²) in [6.45, 7) is 1.08. The number of nitro groups is 4. The molecule has 3 N–H and O–H groups in total. The molecule has 16 heteroatoms. The molecule has 0 fully saturated rings. The molecule has 0 aliphatic heterocycles. The summed E-state index contributed by atoms with van der Waals surface area (Å²) >= 11 is 0. The molecule has 16 nitrogen and oxygen atoms in total. The molecule has 0 aliphatic carbocycles. The molecule has 0 unspecified atom stereocenters. The van der Waals surface area contributed by atoms with Crippen molar-refractivity contribution in [2.75, 3.05) is 0 Å². The molecule has 0 radical (unpaired) electrons. The number of hydrogen-bond donors (Lipinski definition) is 3. The van der Waals surface area contributed by atoms with E-state index >= 15 is 0 Å². The average Bonchev–Trinajstić information content (AvgIpc) is 2.61. The van der Waals surface area contributed by atoms with Crippen LogP contribution in [-0.4, -0.2) is 41.0 Å². The number of aliphatic carboxylic acids is 1. The normalized spacial score (nSPS) is 9.10. The number of carbonyl (C=O) groups is 1. The van der Waals surface area contributed by atoms with Gasteiger partial charge in [-0.25, -0.2) is 0 Å². The van der Waals surface area contributed by atoms with Crippen molar-refractivity contribution in [2.45, 2.75) is 6.92 Å². The van der Waals surface area contributed by atoms with E-state index in [0.717, 1.165) is 31.2 Å². The number of phenolic OH excluding ortho intramolecular Hbond substituents is 2. The van der Waals surface area contributed by atoms with Crippen LogP contribution in [-0.2, 0) is 4.79 Å². The maximum absolute atomic E-state index is 10.2. The van der Waals surface area contributed by atoms with E-state index in [4.69, 9.17) is 20.1 Å². The topological polar surface area (TPSA) is 250 Å². The predicted molar refractivity (Wildman–Crippen MR) is 96.1 cm³/mol. The second kappa shape index (κ2) is 11.1. The van der Waals surface area contributed by atoms with Crippen molar-refractivity contribution < 1.29 is 39.8 Å². The van der Waals surface area contributed by atoms with Gasteiger partial charge in [0.05, 0.1) is 31.8 Å². The maximum atomic E-state index is 10.2. The minimum atomic E-state index is -0.887. The minimum absolute atomic E-state index is 0.426. The zero-order chi connectivity index (χ0) is 23.6. The smallest absolute Gasteiger partial charge is 0.317 e. The highest BCUT2D eigenvalue weighted by Crippen LogP contribution is 2.30. The highest BCUT2D eigenvalue weighted by atomic mass is 16.6. The third-order valence-electron chi connectivity index (χ3n) is 2.73. The van der Waals surface area contributed by atoms with Crippen LogP contribution < -0.4 is 0 Å². The van der Waals surface area contributed by atoms with E-state index in [9.17, 15) is 40.5 Å². The fourth-order valence-electron chi connectivity index (χ4n) is 1.54. The Morgan fingerprint density at radius 2 is 0.967 bits per heavy atom. The third kappa shape index (κ3) is 8.20. The highest BCUT2D eigenvalue weighted by molar-refractivity contribution is 5.63. The van der Waals surface area contributed by atoms with Crippen molar-refractivity contribution in [3.63, 3.8) is 0 Å². The van der Waals surface area contributed by atoms with E-state index < -0.39 is 59.9 Å². The fraction of sp³-hybridized carbons (Fsp3) is 0.0714. The number of nitrogens with zero attached hydrogens (tertiary/aromatic N) is 4. The lowest BCUT2D eigenvalue weighted by Crippen LogP contribution is -1.92. The molecule has 2 aromatic carbocycles. The van der Waals surface area contributed by atoms with E-state index in [1.54, 1.807) is 0 Å². The minimum Gasteiger partial charge on any atom is -0.502 e. The molecule has 0 atom stereocenters. The Hall–Kier alpha value is -4.89. The lowest BCUT2D eigenvalue weighted by molar-refractivity contribution is -0.395. The van der Waals surface area contributed by atoms with Crippen LogP contribution in [0.25, 0.3) is 0 Å². The van der Waals surface area contributed by atoms with Crippen LogP contribution in [0.3, 0.4) is 0 Å². The van der Waals surface area contributed by atoms with Gasteiger partial charge in [-0.3, -0.25) is 45.3 Å². The Balaban J connectivity index is 0.000000477. The van der Waals surface area contributed by atoms with E-state index in [-0.39, 0.29) is 0 Å². The average molecular weight is 428 g/mol. The van der Waals surface area contributed by atoms with Gasteiger partial charge in [0.1, 0.15) is 0 Å². The Morgan fingerprint density at radius 1 is 0.700 bits per heavy atom. The van der Waals surface area contributed by atoms with Crippen molar-refractivity contribution in [2.24, 2.45) is 0 Å². The van der Waals surface area contributed by atoms with Gasteiger partial charge in [-0.1, -0.05) is 0 Å². The van der Waals surface area contributed by atoms with Gasteiger partial charge in [0, 0.05) is 19.1 Å². The monoisotopic (exact) mass is 428 g/mol. The van der Waals surface area contributed by atoms with Gasteiger partial charge in [0.25, 0.3) is 17.3 Å². The quantitative estimate of drug-likeness (QED) is 0.469. The second-order valence-corrected chi connectivity index (χ2v) is 4.89. The SMILES string of the molecule is CC(=O)O.O=[N+]([O-])c1ccc(O)c([N+](=O)[O-])c1.O=[N+]([O-])c1ccc(O)c([N+](=O)[O-])c1. The third-order valence-corrected chi connectivity index (χ3v) is 2.73. The summed E-state index contributed by atoms with van der Waals surface area (Å²) in [6.07, 6.45) is 0. The van der Waals surface area contributed by atoms with Crippen LogP contribution in [0.5, 0.6) is 11.5 Å². The number of hydrogen-bond acceptors (Lipinski definition) is 11. The molecule has 0 bridgehead atoms. The van der Waals surface area contributed by atoms with Crippen LogP contribution in [0.2, 0.25) is 0 Å². The largest absolute Gasteiger partial charge is 0.502 e. The standard InChI is InChI=1S/2C6H4N2O5.C2H4O2/c2*9-6-2-1-4(7(10)11)3-5(6)8(12)13;1-2(3)4/h2*1-3,9H;1H3,(H,3,4). The Kier molecular flexibility index (Phi) is 9.26. The number of phenols is 2. The number of carboxylic acids is 1. The van der Waals surface area contributed by atoms with Crippen LogP contribution >= 0.6 is 0 Å². The van der Waals surface area contributed by atoms with Gasteiger partial charge in [0.2, 0.25) is 0 Å². The van der Waals surface area contributed by atoms with Gasteiger partial charge in [-0.15, -0.1) is 0 Å². The molecule has 0 aromatic heterocycles. The van der Waals surface area contributed by atoms with Crippen molar-refractivity contribution in [3.05, 3.63) is 76.9 Å². The predicted octanol–water partition coefficient (Wildman–Crippen LogP) is 2.51. The van der Waals surface area contributed by atoms with E-state index in [1.807, 2.05) is 0 Å². The first kappa shape index (κ1) is 25.1. The van der Waals surface area contributed by atoms with Crippen molar-refractivity contribution in [1.82, 2.24) is 0 Å². The summed E-state index contributed by atoms with van der Waals surface area (Å²) in [7, 11) is 0. The van der Waals surface area contributed by atoms with Gasteiger partial charge in [0.15, 0.2) is 11.5 Å².